The predicted molar refractivity (Wildman–Crippen MR) is 91.9 cm³/mol. The highest BCUT2D eigenvalue weighted by atomic mass is 32.2. The monoisotopic (exact) mass is 320 g/mol. The molecule has 4 nitrogen and oxygen atoms in total. The van der Waals surface area contributed by atoms with Crippen molar-refractivity contribution >= 4 is 23.4 Å². The summed E-state index contributed by atoms with van der Waals surface area (Å²) in [5.74, 6) is 1.13. The van der Waals surface area contributed by atoms with Gasteiger partial charge >= 0.3 is 0 Å². The van der Waals surface area contributed by atoms with Gasteiger partial charge in [0, 0.05) is 19.1 Å². The second-order valence-corrected chi connectivity index (χ2v) is 7.32. The summed E-state index contributed by atoms with van der Waals surface area (Å²) in [4.78, 5) is 14.7. The van der Waals surface area contributed by atoms with E-state index < -0.39 is 0 Å². The van der Waals surface area contributed by atoms with Crippen LogP contribution in [0.4, 0.5) is 5.69 Å². The fraction of sp³-hybridized carbons (Fsp3) is 0.588. The van der Waals surface area contributed by atoms with Crippen LogP contribution in [0.5, 0.6) is 5.75 Å². The van der Waals surface area contributed by atoms with E-state index in [0.717, 1.165) is 50.2 Å². The number of carbonyl (C=O) groups is 1. The lowest BCUT2D eigenvalue weighted by Gasteiger charge is -2.36. The highest BCUT2D eigenvalue weighted by molar-refractivity contribution is 8.01. The van der Waals surface area contributed by atoms with Gasteiger partial charge in [0.05, 0.1) is 17.5 Å². The van der Waals surface area contributed by atoms with E-state index in [1.807, 2.05) is 24.5 Å². The van der Waals surface area contributed by atoms with Crippen molar-refractivity contribution < 1.29 is 9.53 Å². The van der Waals surface area contributed by atoms with Crippen LogP contribution >= 0.6 is 11.8 Å². The molecule has 120 valence electrons. The molecule has 1 atom stereocenters. The van der Waals surface area contributed by atoms with Crippen LogP contribution in [0, 0.1) is 0 Å². The lowest BCUT2D eigenvalue weighted by atomic mass is 10.0. The molecule has 0 bridgehead atoms. The van der Waals surface area contributed by atoms with Crippen molar-refractivity contribution in [2.24, 2.45) is 0 Å². The molecule has 1 amide bonds. The second-order valence-electron chi connectivity index (χ2n) is 6.13. The van der Waals surface area contributed by atoms with Gasteiger partial charge in [-0.2, -0.15) is 0 Å². The minimum absolute atomic E-state index is 0.132. The second kappa shape index (κ2) is 6.41. The third-order valence-electron chi connectivity index (χ3n) is 4.69. The number of rotatable bonds is 5. The Hall–Kier alpha value is -1.36. The molecular weight excluding hydrogens is 296 g/mol. The minimum atomic E-state index is -0.132. The first kappa shape index (κ1) is 15.5. The van der Waals surface area contributed by atoms with Gasteiger partial charge in [-0.15, -0.1) is 11.8 Å². The van der Waals surface area contributed by atoms with Crippen molar-refractivity contribution in [3.05, 3.63) is 24.3 Å². The van der Waals surface area contributed by atoms with Gasteiger partial charge in [-0.25, -0.2) is 0 Å². The first-order valence-corrected chi connectivity index (χ1v) is 9.15. The van der Waals surface area contributed by atoms with Crippen molar-refractivity contribution in [3.63, 3.8) is 0 Å². The summed E-state index contributed by atoms with van der Waals surface area (Å²) in [7, 11) is 1.71. The number of methoxy groups -OCH3 is 1. The number of anilines is 1. The molecule has 22 heavy (non-hydrogen) atoms. The van der Waals surface area contributed by atoms with Gasteiger partial charge in [-0.05, 0) is 44.1 Å². The molecule has 0 spiro atoms. The fourth-order valence-corrected chi connectivity index (χ4v) is 3.91. The Morgan fingerprint density at radius 3 is 2.86 bits per heavy atom. The summed E-state index contributed by atoms with van der Waals surface area (Å²) in [6.45, 7) is 1.87. The molecule has 1 N–H and O–H groups in total. The molecule has 1 aliphatic heterocycles. The van der Waals surface area contributed by atoms with Crippen molar-refractivity contribution in [2.45, 2.75) is 36.5 Å². The molecule has 0 radical (unpaired) electrons. The van der Waals surface area contributed by atoms with E-state index in [9.17, 15) is 4.79 Å². The van der Waals surface area contributed by atoms with Crippen LogP contribution in [0.3, 0.4) is 0 Å². The minimum Gasteiger partial charge on any atom is -0.495 e. The summed E-state index contributed by atoms with van der Waals surface area (Å²) in [5.41, 5.74) is 1.12. The standard InChI is InChI=1S/C17H24N2O2S/c1-21-15-8-4-3-7-14(15)19-11-5-6-13(12-19)18-16(20)17(22-2)9-10-17/h3-4,7-8,13H,5-6,9-12H2,1-2H3,(H,18,20). The topological polar surface area (TPSA) is 41.6 Å². The summed E-state index contributed by atoms with van der Waals surface area (Å²) in [5, 5.41) is 3.27. The van der Waals surface area contributed by atoms with Gasteiger partial charge < -0.3 is 15.0 Å². The summed E-state index contributed by atoms with van der Waals surface area (Å²) < 4.78 is 5.33. The average Bonchev–Trinajstić information content (AvgIpc) is 3.36. The van der Waals surface area contributed by atoms with E-state index in [2.05, 4.69) is 16.3 Å². The molecule has 1 heterocycles. The Morgan fingerprint density at radius 2 is 2.18 bits per heavy atom. The quantitative estimate of drug-likeness (QED) is 0.906. The van der Waals surface area contributed by atoms with E-state index in [4.69, 9.17) is 4.74 Å². The van der Waals surface area contributed by atoms with Crippen molar-refractivity contribution in [2.75, 3.05) is 31.4 Å². The molecule has 1 aromatic rings. The smallest absolute Gasteiger partial charge is 0.236 e. The Labute approximate surface area is 136 Å². The Bertz CT molecular complexity index is 545. The van der Waals surface area contributed by atoms with Gasteiger partial charge in [-0.3, -0.25) is 4.79 Å². The predicted octanol–water partition coefficient (Wildman–Crippen LogP) is 2.68. The van der Waals surface area contributed by atoms with Crippen molar-refractivity contribution in [3.8, 4) is 5.75 Å². The first-order valence-electron chi connectivity index (χ1n) is 7.92. The summed E-state index contributed by atoms with van der Waals surface area (Å²) in [6.07, 6.45) is 6.22. The van der Waals surface area contributed by atoms with Crippen LogP contribution in [0.1, 0.15) is 25.7 Å². The van der Waals surface area contributed by atoms with Gasteiger partial charge in [0.25, 0.3) is 0 Å². The van der Waals surface area contributed by atoms with Crippen LogP contribution in [-0.4, -0.2) is 43.2 Å². The summed E-state index contributed by atoms with van der Waals surface area (Å²) in [6, 6.07) is 8.33. The molecule has 3 rings (SSSR count). The van der Waals surface area contributed by atoms with E-state index >= 15 is 0 Å². The number of hydrogen-bond acceptors (Lipinski definition) is 4. The zero-order valence-corrected chi connectivity index (χ0v) is 14.1. The fourth-order valence-electron chi connectivity index (χ4n) is 3.16. The molecule has 2 aliphatic rings. The van der Waals surface area contributed by atoms with Gasteiger partial charge in [0.2, 0.25) is 5.91 Å². The number of ether oxygens (including phenoxy) is 1. The zero-order chi connectivity index (χ0) is 15.6. The highest BCUT2D eigenvalue weighted by Gasteiger charge is 2.49. The lowest BCUT2D eigenvalue weighted by Crippen LogP contribution is -2.50. The number of thioether (sulfide) groups is 1. The third kappa shape index (κ3) is 3.05. The zero-order valence-electron chi connectivity index (χ0n) is 13.3. The third-order valence-corrected chi connectivity index (χ3v) is 6.07. The number of benzene rings is 1. The Morgan fingerprint density at radius 1 is 1.41 bits per heavy atom. The van der Waals surface area contributed by atoms with Gasteiger partial charge in [-0.1, -0.05) is 12.1 Å². The maximum atomic E-state index is 12.4. The molecule has 1 aliphatic carbocycles. The average molecular weight is 320 g/mol. The molecule has 1 aromatic carbocycles. The SMILES string of the molecule is COc1ccccc1N1CCCC(NC(=O)C2(SC)CC2)C1. The largest absolute Gasteiger partial charge is 0.495 e. The van der Waals surface area contributed by atoms with Crippen LogP contribution < -0.4 is 15.0 Å². The van der Waals surface area contributed by atoms with Crippen molar-refractivity contribution in [1.82, 2.24) is 5.32 Å². The number of amides is 1. The number of carbonyl (C=O) groups excluding carboxylic acids is 1. The van der Waals surface area contributed by atoms with Crippen LogP contribution in [0.15, 0.2) is 24.3 Å². The number of nitrogens with zero attached hydrogens (tertiary/aromatic N) is 1. The normalized spacial score (nSPS) is 23.0. The molecule has 1 unspecified atom stereocenters. The van der Waals surface area contributed by atoms with Crippen molar-refractivity contribution in [1.29, 1.82) is 0 Å². The maximum absolute atomic E-state index is 12.4. The van der Waals surface area contributed by atoms with E-state index in [1.54, 1.807) is 18.9 Å². The molecule has 2 fully saturated rings. The molecule has 1 saturated carbocycles. The van der Waals surface area contributed by atoms with Gasteiger partial charge in [0.15, 0.2) is 0 Å². The Kier molecular flexibility index (Phi) is 4.52. The van der Waals surface area contributed by atoms with E-state index in [0.29, 0.717) is 0 Å². The molecule has 1 saturated heterocycles. The van der Waals surface area contributed by atoms with Gasteiger partial charge in [0.1, 0.15) is 5.75 Å². The highest BCUT2D eigenvalue weighted by Crippen LogP contribution is 2.47. The first-order chi connectivity index (χ1) is 10.7. The molecular formula is C17H24N2O2S. The Balaban J connectivity index is 1.65. The number of para-hydroxylation sites is 2. The lowest BCUT2D eigenvalue weighted by molar-refractivity contribution is -0.122. The number of hydrogen-bond donors (Lipinski definition) is 1. The van der Waals surface area contributed by atoms with Crippen LogP contribution in [0.2, 0.25) is 0 Å². The molecule has 0 aromatic heterocycles. The number of piperidine rings is 1. The summed E-state index contributed by atoms with van der Waals surface area (Å²) >= 11 is 1.69. The van der Waals surface area contributed by atoms with Crippen LogP contribution in [-0.2, 0) is 4.79 Å². The maximum Gasteiger partial charge on any atom is 0.236 e. The number of nitrogens with one attached hydrogen (secondary N) is 1. The van der Waals surface area contributed by atoms with E-state index in [1.165, 1.54) is 0 Å². The molecule has 5 heteroatoms. The van der Waals surface area contributed by atoms with E-state index in [-0.39, 0.29) is 16.7 Å². The van der Waals surface area contributed by atoms with Crippen LogP contribution in [0.25, 0.3) is 0 Å².